The Bertz CT molecular complexity index is 1330. The summed E-state index contributed by atoms with van der Waals surface area (Å²) in [5, 5.41) is 19.0. The van der Waals surface area contributed by atoms with Crippen LogP contribution in [0.25, 0.3) is 22.8 Å². The van der Waals surface area contributed by atoms with Crippen LogP contribution in [0.5, 0.6) is 5.75 Å². The Hall–Kier alpha value is -4.04. The SMILES string of the molecule is C/C=C(/NNC(=O)CSc1nnc(-c2ccc(C)cc2)n1-c1ccc(C)cc1)c1ccc(O)cc1. The highest BCUT2D eigenvalue weighted by Crippen LogP contribution is 2.28. The van der Waals surface area contributed by atoms with E-state index in [0.717, 1.165) is 33.9 Å². The lowest BCUT2D eigenvalue weighted by molar-refractivity contribution is -0.119. The number of phenolic OH excluding ortho intramolecular Hbond substituents is 1. The molecule has 0 saturated carbocycles. The van der Waals surface area contributed by atoms with Crippen molar-refractivity contribution in [3.8, 4) is 22.8 Å². The second-order valence-corrected chi connectivity index (χ2v) is 9.00. The van der Waals surface area contributed by atoms with Crippen LogP contribution in [0.2, 0.25) is 0 Å². The Morgan fingerprint density at radius 2 is 1.54 bits per heavy atom. The average molecular weight is 486 g/mol. The fourth-order valence-corrected chi connectivity index (χ4v) is 4.19. The Kier molecular flexibility index (Phi) is 7.52. The van der Waals surface area contributed by atoms with Gasteiger partial charge in [0.15, 0.2) is 11.0 Å². The molecule has 1 aromatic heterocycles. The van der Waals surface area contributed by atoms with Gasteiger partial charge in [0.2, 0.25) is 5.91 Å². The minimum atomic E-state index is -0.205. The maximum Gasteiger partial charge on any atom is 0.248 e. The van der Waals surface area contributed by atoms with Gasteiger partial charge in [-0.15, -0.1) is 10.2 Å². The molecule has 3 aromatic carbocycles. The molecule has 8 heteroatoms. The summed E-state index contributed by atoms with van der Waals surface area (Å²) in [6.07, 6.45) is 1.85. The number of rotatable bonds is 8. The number of aryl methyl sites for hydroxylation is 2. The lowest BCUT2D eigenvalue weighted by atomic mass is 10.1. The van der Waals surface area contributed by atoms with Crippen LogP contribution in [0, 0.1) is 13.8 Å². The molecule has 1 amide bonds. The highest BCUT2D eigenvalue weighted by Gasteiger charge is 2.17. The first-order valence-corrected chi connectivity index (χ1v) is 12.2. The second-order valence-electron chi connectivity index (χ2n) is 8.05. The van der Waals surface area contributed by atoms with Crippen molar-refractivity contribution in [3.05, 3.63) is 95.6 Å². The van der Waals surface area contributed by atoms with Gasteiger partial charge in [-0.2, -0.15) is 0 Å². The number of phenols is 1. The predicted octanol–water partition coefficient (Wildman–Crippen LogP) is 5.03. The first-order chi connectivity index (χ1) is 16.9. The molecule has 0 spiro atoms. The van der Waals surface area contributed by atoms with E-state index in [1.54, 1.807) is 24.3 Å². The van der Waals surface area contributed by atoms with Crippen LogP contribution >= 0.6 is 11.8 Å². The summed E-state index contributed by atoms with van der Waals surface area (Å²) in [7, 11) is 0. The number of amides is 1. The molecule has 3 N–H and O–H groups in total. The molecule has 35 heavy (non-hydrogen) atoms. The Labute approximate surface area is 208 Å². The van der Waals surface area contributed by atoms with Crippen molar-refractivity contribution in [2.75, 3.05) is 5.75 Å². The number of allylic oxidation sites excluding steroid dienone is 1. The van der Waals surface area contributed by atoms with Gasteiger partial charge in [0.05, 0.1) is 11.4 Å². The van der Waals surface area contributed by atoms with Crippen molar-refractivity contribution in [2.24, 2.45) is 0 Å². The number of hydrogen-bond donors (Lipinski definition) is 3. The monoisotopic (exact) mass is 485 g/mol. The van der Waals surface area contributed by atoms with Crippen molar-refractivity contribution < 1.29 is 9.90 Å². The van der Waals surface area contributed by atoms with E-state index in [-0.39, 0.29) is 17.4 Å². The van der Waals surface area contributed by atoms with Crippen LogP contribution in [0.15, 0.2) is 84.0 Å². The third-order valence-electron chi connectivity index (χ3n) is 5.37. The molecule has 0 aliphatic carbocycles. The van der Waals surface area contributed by atoms with Gasteiger partial charge in [-0.25, -0.2) is 0 Å². The van der Waals surface area contributed by atoms with Crippen LogP contribution in [0.3, 0.4) is 0 Å². The Morgan fingerprint density at radius 1 is 0.914 bits per heavy atom. The van der Waals surface area contributed by atoms with E-state index in [4.69, 9.17) is 0 Å². The van der Waals surface area contributed by atoms with Crippen LogP contribution in [0.1, 0.15) is 23.6 Å². The average Bonchev–Trinajstić information content (AvgIpc) is 3.29. The van der Waals surface area contributed by atoms with Crippen molar-refractivity contribution in [2.45, 2.75) is 25.9 Å². The molecule has 0 unspecified atom stereocenters. The second kappa shape index (κ2) is 10.9. The number of carbonyl (C=O) groups excluding carboxylic acids is 1. The predicted molar refractivity (Wildman–Crippen MR) is 140 cm³/mol. The summed E-state index contributed by atoms with van der Waals surface area (Å²) < 4.78 is 1.98. The molecule has 4 aromatic rings. The number of aromatic nitrogens is 3. The van der Waals surface area contributed by atoms with Gasteiger partial charge < -0.3 is 5.11 Å². The highest BCUT2D eigenvalue weighted by molar-refractivity contribution is 7.99. The minimum absolute atomic E-state index is 0.150. The van der Waals surface area contributed by atoms with E-state index >= 15 is 0 Å². The van der Waals surface area contributed by atoms with Crippen LogP contribution in [-0.2, 0) is 4.79 Å². The Balaban J connectivity index is 1.49. The number of thioether (sulfide) groups is 1. The first-order valence-electron chi connectivity index (χ1n) is 11.2. The molecule has 0 fully saturated rings. The molecular weight excluding hydrogens is 458 g/mol. The fraction of sp³-hybridized carbons (Fsp3) is 0.148. The van der Waals surface area contributed by atoms with Crippen LogP contribution < -0.4 is 10.9 Å². The maximum absolute atomic E-state index is 12.6. The highest BCUT2D eigenvalue weighted by atomic mass is 32.2. The smallest absolute Gasteiger partial charge is 0.248 e. The van der Waals surface area contributed by atoms with E-state index in [1.165, 1.54) is 17.3 Å². The molecule has 0 radical (unpaired) electrons. The summed E-state index contributed by atoms with van der Waals surface area (Å²) in [5.74, 6) is 0.853. The summed E-state index contributed by atoms with van der Waals surface area (Å²) >= 11 is 1.31. The van der Waals surface area contributed by atoms with Crippen molar-refractivity contribution >= 4 is 23.4 Å². The van der Waals surface area contributed by atoms with Gasteiger partial charge in [0, 0.05) is 11.3 Å². The molecule has 178 valence electrons. The van der Waals surface area contributed by atoms with E-state index in [1.807, 2.05) is 79.9 Å². The zero-order valence-electron chi connectivity index (χ0n) is 19.8. The molecular formula is C27H27N5O2S. The number of aromatic hydroxyl groups is 1. The van der Waals surface area contributed by atoms with Crippen LogP contribution in [-0.4, -0.2) is 31.5 Å². The standard InChI is InChI=1S/C27H27N5O2S/c1-4-24(20-11-15-23(33)16-12-20)28-29-25(34)17-35-27-31-30-26(21-9-5-18(2)6-10-21)32(27)22-13-7-19(3)8-14-22/h4-16,28,33H,17H2,1-3H3,(H,29,34)/b24-4+. The lowest BCUT2D eigenvalue weighted by Crippen LogP contribution is -2.37. The van der Waals surface area contributed by atoms with Gasteiger partial charge in [0.1, 0.15) is 5.75 Å². The molecule has 0 atom stereocenters. The van der Waals surface area contributed by atoms with Gasteiger partial charge >= 0.3 is 0 Å². The van der Waals surface area contributed by atoms with Gasteiger partial charge in [-0.1, -0.05) is 65.4 Å². The van der Waals surface area contributed by atoms with Crippen molar-refractivity contribution in [1.82, 2.24) is 25.6 Å². The largest absolute Gasteiger partial charge is 0.508 e. The van der Waals surface area contributed by atoms with Gasteiger partial charge in [-0.05, 0) is 62.7 Å². The zero-order chi connectivity index (χ0) is 24.8. The molecule has 1 heterocycles. The molecule has 4 rings (SSSR count). The van der Waals surface area contributed by atoms with E-state index in [0.29, 0.717) is 5.16 Å². The fourth-order valence-electron chi connectivity index (χ4n) is 3.43. The van der Waals surface area contributed by atoms with E-state index in [2.05, 4.69) is 21.0 Å². The maximum atomic E-state index is 12.6. The Morgan fingerprint density at radius 3 is 2.17 bits per heavy atom. The van der Waals surface area contributed by atoms with Gasteiger partial charge in [-0.3, -0.25) is 20.2 Å². The molecule has 0 aliphatic rings. The quantitative estimate of drug-likeness (QED) is 0.239. The molecule has 0 saturated heterocycles. The zero-order valence-corrected chi connectivity index (χ0v) is 20.6. The topological polar surface area (TPSA) is 92.1 Å². The number of hydrazine groups is 1. The van der Waals surface area contributed by atoms with E-state index in [9.17, 15) is 9.90 Å². The summed E-state index contributed by atoms with van der Waals surface area (Å²) in [4.78, 5) is 12.6. The lowest BCUT2D eigenvalue weighted by Gasteiger charge is -2.13. The number of hydrogen-bond acceptors (Lipinski definition) is 6. The normalized spacial score (nSPS) is 11.3. The summed E-state index contributed by atoms with van der Waals surface area (Å²) in [6, 6.07) is 23.0. The number of nitrogens with zero attached hydrogens (tertiary/aromatic N) is 3. The van der Waals surface area contributed by atoms with Gasteiger partial charge in [0.25, 0.3) is 0 Å². The molecule has 7 nitrogen and oxygen atoms in total. The third kappa shape index (κ3) is 5.91. The van der Waals surface area contributed by atoms with Crippen molar-refractivity contribution in [3.63, 3.8) is 0 Å². The van der Waals surface area contributed by atoms with E-state index < -0.39 is 0 Å². The third-order valence-corrected chi connectivity index (χ3v) is 6.30. The summed E-state index contributed by atoms with van der Waals surface area (Å²) in [6.45, 7) is 5.96. The van der Waals surface area contributed by atoms with Crippen molar-refractivity contribution in [1.29, 1.82) is 0 Å². The summed E-state index contributed by atoms with van der Waals surface area (Å²) in [5.41, 5.74) is 11.5. The minimum Gasteiger partial charge on any atom is -0.508 e. The number of nitrogens with one attached hydrogen (secondary N) is 2. The molecule has 0 bridgehead atoms. The first kappa shape index (κ1) is 24.1. The number of benzene rings is 3. The molecule has 0 aliphatic heterocycles. The van der Waals surface area contributed by atoms with Crippen LogP contribution in [0.4, 0.5) is 0 Å². The number of carbonyl (C=O) groups is 1.